The summed E-state index contributed by atoms with van der Waals surface area (Å²) in [5.74, 6) is 0.499. The number of aryl methyl sites for hydroxylation is 1. The van der Waals surface area contributed by atoms with Gasteiger partial charge in [-0.05, 0) is 13.1 Å². The maximum atomic E-state index is 5.40. The Morgan fingerprint density at radius 2 is 2.31 bits per heavy atom. The fraction of sp³-hybridized carbons (Fsp3) is 0.300. The van der Waals surface area contributed by atoms with E-state index >= 15 is 0 Å². The molecule has 6 heteroatoms. The second-order valence-electron chi connectivity index (χ2n) is 3.30. The minimum Gasteiger partial charge on any atom is -0.404 e. The van der Waals surface area contributed by atoms with E-state index in [2.05, 4.69) is 20.4 Å². The van der Waals surface area contributed by atoms with Crippen molar-refractivity contribution >= 4 is 0 Å². The molecule has 0 aliphatic rings. The van der Waals surface area contributed by atoms with E-state index in [9.17, 15) is 0 Å². The lowest BCUT2D eigenvalue weighted by atomic mass is 10.3. The minimum absolute atomic E-state index is 0.302. The smallest absolute Gasteiger partial charge is 0.342 e. The van der Waals surface area contributed by atoms with Gasteiger partial charge in [0.1, 0.15) is 6.33 Å². The molecule has 0 saturated carbocycles. The predicted octanol–water partition coefficient (Wildman–Crippen LogP) is 0.722. The molecule has 0 unspecified atom stereocenters. The lowest BCUT2D eigenvalue weighted by molar-refractivity contribution is 0.420. The summed E-state index contributed by atoms with van der Waals surface area (Å²) in [6.07, 6.45) is 1.58. The maximum absolute atomic E-state index is 5.40. The largest absolute Gasteiger partial charge is 0.404 e. The summed E-state index contributed by atoms with van der Waals surface area (Å²) >= 11 is 0. The molecule has 0 aliphatic heterocycles. The van der Waals surface area contributed by atoms with E-state index in [-0.39, 0.29) is 0 Å². The van der Waals surface area contributed by atoms with Gasteiger partial charge in [-0.1, -0.05) is 6.07 Å². The first-order valence-corrected chi connectivity index (χ1v) is 4.92. The molecular formula is C10H13N5O. The van der Waals surface area contributed by atoms with E-state index in [0.29, 0.717) is 18.4 Å². The van der Waals surface area contributed by atoms with Gasteiger partial charge in [0, 0.05) is 19.7 Å². The number of pyridine rings is 1. The zero-order valence-electron chi connectivity index (χ0n) is 9.21. The molecule has 0 spiro atoms. The van der Waals surface area contributed by atoms with Crippen molar-refractivity contribution in [1.82, 2.24) is 25.1 Å². The molecule has 2 heterocycles. The van der Waals surface area contributed by atoms with E-state index in [4.69, 9.17) is 4.74 Å². The van der Waals surface area contributed by atoms with E-state index in [0.717, 1.165) is 5.69 Å². The summed E-state index contributed by atoms with van der Waals surface area (Å²) < 4.78 is 6.98. The SMILES string of the molecule is CNCc1cccc(Oc2ncn(C)n2)n1. The summed E-state index contributed by atoms with van der Waals surface area (Å²) in [4.78, 5) is 8.25. The molecule has 0 aromatic carbocycles. The average Bonchev–Trinajstić information content (AvgIpc) is 2.65. The third kappa shape index (κ3) is 2.54. The maximum Gasteiger partial charge on any atom is 0.342 e. The van der Waals surface area contributed by atoms with Crippen LogP contribution in [0.1, 0.15) is 5.69 Å². The van der Waals surface area contributed by atoms with Gasteiger partial charge in [0.05, 0.1) is 5.69 Å². The molecule has 1 N–H and O–H groups in total. The third-order valence-electron chi connectivity index (χ3n) is 1.91. The summed E-state index contributed by atoms with van der Waals surface area (Å²) in [6, 6.07) is 5.89. The second-order valence-corrected chi connectivity index (χ2v) is 3.30. The molecule has 0 radical (unpaired) electrons. The van der Waals surface area contributed by atoms with Crippen LogP contribution in [0, 0.1) is 0 Å². The van der Waals surface area contributed by atoms with Gasteiger partial charge in [0.15, 0.2) is 0 Å². The van der Waals surface area contributed by atoms with Crippen molar-refractivity contribution in [2.24, 2.45) is 7.05 Å². The van der Waals surface area contributed by atoms with Crippen molar-refractivity contribution in [3.8, 4) is 11.9 Å². The molecule has 16 heavy (non-hydrogen) atoms. The molecule has 84 valence electrons. The highest BCUT2D eigenvalue weighted by molar-refractivity contribution is 5.18. The van der Waals surface area contributed by atoms with Gasteiger partial charge in [-0.15, -0.1) is 5.10 Å². The molecule has 0 atom stereocenters. The van der Waals surface area contributed by atoms with Crippen molar-refractivity contribution in [3.63, 3.8) is 0 Å². The van der Waals surface area contributed by atoms with Crippen LogP contribution < -0.4 is 10.1 Å². The van der Waals surface area contributed by atoms with Gasteiger partial charge in [-0.2, -0.15) is 4.98 Å². The minimum atomic E-state index is 0.302. The molecular weight excluding hydrogens is 206 g/mol. The highest BCUT2D eigenvalue weighted by Crippen LogP contribution is 2.14. The van der Waals surface area contributed by atoms with E-state index in [1.165, 1.54) is 0 Å². The van der Waals surface area contributed by atoms with Crippen LogP contribution in [0.3, 0.4) is 0 Å². The van der Waals surface area contributed by atoms with Gasteiger partial charge in [0.2, 0.25) is 5.88 Å². The molecule has 0 saturated heterocycles. The molecule has 0 bridgehead atoms. The van der Waals surface area contributed by atoms with Gasteiger partial charge in [0.25, 0.3) is 0 Å². The summed E-state index contributed by atoms with van der Waals surface area (Å²) in [5.41, 5.74) is 0.913. The Bertz CT molecular complexity index is 468. The zero-order chi connectivity index (χ0) is 11.4. The summed E-state index contributed by atoms with van der Waals surface area (Å²) in [6.45, 7) is 0.701. The van der Waals surface area contributed by atoms with Crippen molar-refractivity contribution in [1.29, 1.82) is 0 Å². The van der Waals surface area contributed by atoms with Crippen LogP contribution in [0.5, 0.6) is 11.9 Å². The average molecular weight is 219 g/mol. The highest BCUT2D eigenvalue weighted by Gasteiger charge is 2.03. The fourth-order valence-corrected chi connectivity index (χ4v) is 1.25. The summed E-state index contributed by atoms with van der Waals surface area (Å²) in [7, 11) is 3.65. The molecule has 6 nitrogen and oxygen atoms in total. The Balaban J connectivity index is 2.12. The van der Waals surface area contributed by atoms with E-state index in [1.54, 1.807) is 24.1 Å². The van der Waals surface area contributed by atoms with Crippen molar-refractivity contribution in [3.05, 3.63) is 30.2 Å². The molecule has 2 rings (SSSR count). The Labute approximate surface area is 93.3 Å². The molecule has 2 aromatic rings. The van der Waals surface area contributed by atoms with E-state index in [1.807, 2.05) is 19.2 Å². The molecule has 0 aliphatic carbocycles. The van der Waals surface area contributed by atoms with Crippen molar-refractivity contribution in [2.75, 3.05) is 7.05 Å². The highest BCUT2D eigenvalue weighted by atomic mass is 16.5. The standard InChI is InChI=1S/C10H13N5O/c1-11-6-8-4-3-5-9(13-8)16-10-12-7-15(2)14-10/h3-5,7,11H,6H2,1-2H3. The second kappa shape index (κ2) is 4.71. The monoisotopic (exact) mass is 219 g/mol. The first-order valence-electron chi connectivity index (χ1n) is 4.92. The van der Waals surface area contributed by atoms with Gasteiger partial charge in [-0.3, -0.25) is 4.68 Å². The van der Waals surface area contributed by atoms with Gasteiger partial charge < -0.3 is 10.1 Å². The summed E-state index contributed by atoms with van der Waals surface area (Å²) in [5, 5.41) is 7.04. The van der Waals surface area contributed by atoms with Crippen LogP contribution >= 0.6 is 0 Å². The molecule has 0 fully saturated rings. The van der Waals surface area contributed by atoms with Gasteiger partial charge in [-0.25, -0.2) is 4.98 Å². The van der Waals surface area contributed by atoms with Crippen LogP contribution in [0.15, 0.2) is 24.5 Å². The van der Waals surface area contributed by atoms with Crippen LogP contribution in [-0.4, -0.2) is 26.8 Å². The lowest BCUT2D eigenvalue weighted by Gasteiger charge is -2.02. The Morgan fingerprint density at radius 1 is 1.44 bits per heavy atom. The van der Waals surface area contributed by atoms with Crippen molar-refractivity contribution in [2.45, 2.75) is 6.54 Å². The fourth-order valence-electron chi connectivity index (χ4n) is 1.25. The first-order chi connectivity index (χ1) is 7.78. The van der Waals surface area contributed by atoms with Gasteiger partial charge >= 0.3 is 6.01 Å². The van der Waals surface area contributed by atoms with Crippen LogP contribution in [0.25, 0.3) is 0 Å². The molecule has 0 amide bonds. The topological polar surface area (TPSA) is 64.9 Å². The quantitative estimate of drug-likeness (QED) is 0.820. The number of hydrogen-bond acceptors (Lipinski definition) is 5. The number of aromatic nitrogens is 4. The van der Waals surface area contributed by atoms with Crippen LogP contribution in [-0.2, 0) is 13.6 Å². The zero-order valence-corrected chi connectivity index (χ0v) is 9.21. The number of rotatable bonds is 4. The number of hydrogen-bond donors (Lipinski definition) is 1. The third-order valence-corrected chi connectivity index (χ3v) is 1.91. The lowest BCUT2D eigenvalue weighted by Crippen LogP contribution is -2.07. The molecule has 2 aromatic heterocycles. The Morgan fingerprint density at radius 3 is 3.00 bits per heavy atom. The Hall–Kier alpha value is -1.95. The van der Waals surface area contributed by atoms with Crippen molar-refractivity contribution < 1.29 is 4.74 Å². The normalized spacial score (nSPS) is 10.4. The van der Waals surface area contributed by atoms with Crippen LogP contribution in [0.4, 0.5) is 0 Å². The van der Waals surface area contributed by atoms with E-state index < -0.39 is 0 Å². The number of ether oxygens (including phenoxy) is 1. The first kappa shape index (κ1) is 10.6. The predicted molar refractivity (Wildman–Crippen MR) is 58.1 cm³/mol. The van der Waals surface area contributed by atoms with Crippen LogP contribution in [0.2, 0.25) is 0 Å². The Kier molecular flexibility index (Phi) is 3.11. The number of nitrogens with zero attached hydrogens (tertiary/aromatic N) is 4. The number of nitrogens with one attached hydrogen (secondary N) is 1.